The number of anilines is 1. The van der Waals surface area contributed by atoms with Gasteiger partial charge >= 0.3 is 0 Å². The molecule has 0 amide bonds. The van der Waals surface area contributed by atoms with Crippen molar-refractivity contribution >= 4 is 21.6 Å². The highest BCUT2D eigenvalue weighted by molar-refractivity contribution is 9.10. The zero-order chi connectivity index (χ0) is 14.1. The van der Waals surface area contributed by atoms with Crippen LogP contribution in [0.15, 0.2) is 22.7 Å². The van der Waals surface area contributed by atoms with E-state index < -0.39 is 0 Å². The van der Waals surface area contributed by atoms with Crippen molar-refractivity contribution in [2.24, 2.45) is 0 Å². The Morgan fingerprint density at radius 2 is 1.95 bits per heavy atom. The van der Waals surface area contributed by atoms with Crippen molar-refractivity contribution < 1.29 is 4.74 Å². The molecule has 0 bridgehead atoms. The van der Waals surface area contributed by atoms with E-state index in [1.165, 1.54) is 28.6 Å². The number of hydrogen-bond acceptors (Lipinski definition) is 3. The largest absolute Gasteiger partial charge is 0.372 e. The maximum Gasteiger partial charge on any atom is 0.0726 e. The number of benzene rings is 1. The Labute approximate surface area is 129 Å². The lowest BCUT2D eigenvalue weighted by atomic mass is 10.1. The highest BCUT2D eigenvalue weighted by atomic mass is 79.9. The van der Waals surface area contributed by atoms with Gasteiger partial charge < -0.3 is 15.0 Å². The van der Waals surface area contributed by atoms with Crippen LogP contribution >= 0.6 is 15.9 Å². The molecule has 1 saturated carbocycles. The van der Waals surface area contributed by atoms with Gasteiger partial charge in [-0.25, -0.2) is 0 Å². The third-order valence-corrected chi connectivity index (χ3v) is 4.58. The number of ether oxygens (including phenoxy) is 1. The standard InChI is InChI=1S/C16H23BrN2O/c1-11-9-19(10-12(2)20-11)16-6-3-13(7-15(16)17)8-18-14-4-5-14/h3,6-7,11-12,14,18H,4-5,8-10H2,1-2H3. The van der Waals surface area contributed by atoms with Crippen LogP contribution in [0, 0.1) is 0 Å². The van der Waals surface area contributed by atoms with Crippen molar-refractivity contribution in [2.75, 3.05) is 18.0 Å². The Bertz CT molecular complexity index is 466. The summed E-state index contributed by atoms with van der Waals surface area (Å²) in [7, 11) is 0. The number of nitrogens with zero attached hydrogens (tertiary/aromatic N) is 1. The van der Waals surface area contributed by atoms with Crippen LogP contribution in [0.1, 0.15) is 32.3 Å². The van der Waals surface area contributed by atoms with E-state index in [-0.39, 0.29) is 0 Å². The first-order chi connectivity index (χ1) is 9.61. The summed E-state index contributed by atoms with van der Waals surface area (Å²) in [5.74, 6) is 0. The predicted octanol–water partition coefficient (Wildman–Crippen LogP) is 3.31. The number of rotatable bonds is 4. The molecule has 2 atom stereocenters. The van der Waals surface area contributed by atoms with Crippen molar-refractivity contribution in [3.63, 3.8) is 0 Å². The Balaban J connectivity index is 1.69. The van der Waals surface area contributed by atoms with Crippen LogP contribution in [0.25, 0.3) is 0 Å². The number of morpholine rings is 1. The quantitative estimate of drug-likeness (QED) is 0.911. The third kappa shape index (κ3) is 3.54. The summed E-state index contributed by atoms with van der Waals surface area (Å²) in [5.41, 5.74) is 2.63. The predicted molar refractivity (Wildman–Crippen MR) is 86.2 cm³/mol. The summed E-state index contributed by atoms with van der Waals surface area (Å²) < 4.78 is 7.00. The molecule has 1 aromatic carbocycles. The van der Waals surface area contributed by atoms with Gasteiger partial charge in [0, 0.05) is 30.1 Å². The van der Waals surface area contributed by atoms with Gasteiger partial charge in [0.25, 0.3) is 0 Å². The molecule has 4 heteroatoms. The van der Waals surface area contributed by atoms with Crippen LogP contribution in [-0.2, 0) is 11.3 Å². The van der Waals surface area contributed by atoms with Crippen LogP contribution in [0.4, 0.5) is 5.69 Å². The first-order valence-electron chi connectivity index (χ1n) is 7.54. The average molecular weight is 339 g/mol. The fourth-order valence-corrected chi connectivity index (χ4v) is 3.52. The van der Waals surface area contributed by atoms with Gasteiger partial charge in [-0.1, -0.05) is 6.07 Å². The Morgan fingerprint density at radius 1 is 1.25 bits per heavy atom. The molecule has 3 nitrogen and oxygen atoms in total. The Hall–Kier alpha value is -0.580. The van der Waals surface area contributed by atoms with Crippen molar-refractivity contribution in [3.05, 3.63) is 28.2 Å². The average Bonchev–Trinajstić information content (AvgIpc) is 3.19. The topological polar surface area (TPSA) is 24.5 Å². The first kappa shape index (κ1) is 14.4. The van der Waals surface area contributed by atoms with Crippen molar-refractivity contribution in [2.45, 2.75) is 51.5 Å². The Kier molecular flexibility index (Phi) is 4.34. The van der Waals surface area contributed by atoms with Gasteiger partial charge in [-0.3, -0.25) is 0 Å². The molecule has 2 fully saturated rings. The molecule has 3 rings (SSSR count). The van der Waals surface area contributed by atoms with Gasteiger partial charge in [-0.05, 0) is 60.3 Å². The highest BCUT2D eigenvalue weighted by Crippen LogP contribution is 2.30. The highest BCUT2D eigenvalue weighted by Gasteiger charge is 2.24. The zero-order valence-corrected chi connectivity index (χ0v) is 13.8. The van der Waals surface area contributed by atoms with E-state index in [9.17, 15) is 0 Å². The molecule has 0 spiro atoms. The second kappa shape index (κ2) is 6.04. The second-order valence-electron chi connectivity index (χ2n) is 6.10. The van der Waals surface area contributed by atoms with Gasteiger partial charge in [-0.15, -0.1) is 0 Å². The molecule has 1 N–H and O–H groups in total. The summed E-state index contributed by atoms with van der Waals surface area (Å²) in [5, 5.41) is 3.56. The van der Waals surface area contributed by atoms with E-state index in [1.807, 2.05) is 0 Å². The van der Waals surface area contributed by atoms with Crippen LogP contribution < -0.4 is 10.2 Å². The fourth-order valence-electron chi connectivity index (χ4n) is 2.84. The molecular formula is C16H23BrN2O. The molecule has 110 valence electrons. The molecule has 1 saturated heterocycles. The van der Waals surface area contributed by atoms with Crippen molar-refractivity contribution in [1.29, 1.82) is 0 Å². The molecule has 0 aromatic heterocycles. The molecule has 20 heavy (non-hydrogen) atoms. The summed E-state index contributed by atoms with van der Waals surface area (Å²) in [4.78, 5) is 2.42. The van der Waals surface area contributed by atoms with Crippen LogP contribution in [0.2, 0.25) is 0 Å². The van der Waals surface area contributed by atoms with E-state index >= 15 is 0 Å². The molecule has 2 aliphatic rings. The molecule has 2 unspecified atom stereocenters. The fraction of sp³-hybridized carbons (Fsp3) is 0.625. The van der Waals surface area contributed by atoms with Crippen LogP contribution in [0.3, 0.4) is 0 Å². The lowest BCUT2D eigenvalue weighted by molar-refractivity contribution is -0.00525. The number of hydrogen-bond donors (Lipinski definition) is 1. The van der Waals surface area contributed by atoms with Gasteiger partial charge in [0.2, 0.25) is 0 Å². The molecular weight excluding hydrogens is 316 g/mol. The molecule has 1 aliphatic carbocycles. The normalized spacial score (nSPS) is 26.9. The van der Waals surface area contributed by atoms with Crippen molar-refractivity contribution in [1.82, 2.24) is 5.32 Å². The monoisotopic (exact) mass is 338 g/mol. The minimum atomic E-state index is 0.293. The second-order valence-corrected chi connectivity index (χ2v) is 6.96. The summed E-state index contributed by atoms with van der Waals surface area (Å²) in [6.45, 7) is 7.18. The molecule has 0 radical (unpaired) electrons. The lowest BCUT2D eigenvalue weighted by Gasteiger charge is -2.37. The molecule has 1 aliphatic heterocycles. The van der Waals surface area contributed by atoms with E-state index in [2.05, 4.69) is 58.2 Å². The van der Waals surface area contributed by atoms with E-state index in [0.717, 1.165) is 25.7 Å². The minimum absolute atomic E-state index is 0.293. The minimum Gasteiger partial charge on any atom is -0.372 e. The van der Waals surface area contributed by atoms with Crippen molar-refractivity contribution in [3.8, 4) is 0 Å². The summed E-state index contributed by atoms with van der Waals surface area (Å²) >= 11 is 3.73. The third-order valence-electron chi connectivity index (χ3n) is 3.94. The van der Waals surface area contributed by atoms with Gasteiger partial charge in [-0.2, -0.15) is 0 Å². The first-order valence-corrected chi connectivity index (χ1v) is 8.33. The summed E-state index contributed by atoms with van der Waals surface area (Å²) in [6, 6.07) is 7.48. The SMILES string of the molecule is CC1CN(c2ccc(CNC3CC3)cc2Br)CC(C)O1. The maximum absolute atomic E-state index is 5.81. The van der Waals surface area contributed by atoms with E-state index in [4.69, 9.17) is 4.74 Å². The molecule has 1 heterocycles. The lowest BCUT2D eigenvalue weighted by Crippen LogP contribution is -2.45. The van der Waals surface area contributed by atoms with Crippen LogP contribution in [-0.4, -0.2) is 31.3 Å². The van der Waals surface area contributed by atoms with Gasteiger partial charge in [0.05, 0.1) is 17.9 Å². The van der Waals surface area contributed by atoms with Gasteiger partial charge in [0.1, 0.15) is 0 Å². The smallest absolute Gasteiger partial charge is 0.0726 e. The summed E-state index contributed by atoms with van der Waals surface area (Å²) in [6.07, 6.45) is 3.26. The van der Waals surface area contributed by atoms with Gasteiger partial charge in [0.15, 0.2) is 0 Å². The Morgan fingerprint density at radius 3 is 2.55 bits per heavy atom. The zero-order valence-electron chi connectivity index (χ0n) is 12.2. The van der Waals surface area contributed by atoms with E-state index in [0.29, 0.717) is 12.2 Å². The van der Waals surface area contributed by atoms with E-state index in [1.54, 1.807) is 0 Å². The number of halogens is 1. The number of nitrogens with one attached hydrogen (secondary N) is 1. The molecule has 1 aromatic rings. The maximum atomic E-state index is 5.81. The van der Waals surface area contributed by atoms with Crippen LogP contribution in [0.5, 0.6) is 0 Å².